The van der Waals surface area contributed by atoms with E-state index in [1.54, 1.807) is 0 Å². The van der Waals surface area contributed by atoms with Crippen molar-refractivity contribution in [3.8, 4) is 0 Å². The largest absolute Gasteiger partial charge is 0.319 e. The summed E-state index contributed by atoms with van der Waals surface area (Å²) in [6, 6.07) is 2.74. The van der Waals surface area contributed by atoms with Crippen molar-refractivity contribution in [3.05, 3.63) is 57.6 Å². The number of amides is 1. The van der Waals surface area contributed by atoms with Gasteiger partial charge in [0, 0.05) is 6.20 Å². The summed E-state index contributed by atoms with van der Waals surface area (Å²) < 4.78 is 39.2. The van der Waals surface area contributed by atoms with Crippen LogP contribution >= 0.6 is 23.2 Å². The molecular weight excluding hydrogens is 316 g/mol. The third-order valence-corrected chi connectivity index (χ3v) is 2.86. The van der Waals surface area contributed by atoms with Crippen LogP contribution in [0.5, 0.6) is 0 Å². The number of rotatable bonds is 2. The summed E-state index contributed by atoms with van der Waals surface area (Å²) in [7, 11) is 0. The smallest absolute Gasteiger partial charge is 0.257 e. The Labute approximate surface area is 121 Å². The molecule has 0 saturated heterocycles. The molecule has 0 atom stereocenters. The average Bonchev–Trinajstić information content (AvgIpc) is 2.42. The van der Waals surface area contributed by atoms with Crippen molar-refractivity contribution < 1.29 is 18.0 Å². The van der Waals surface area contributed by atoms with Crippen LogP contribution in [0.4, 0.5) is 18.9 Å². The number of hydrogen-bond acceptors (Lipinski definition) is 2. The fraction of sp³-hybridized carbons (Fsp3) is 0. The van der Waals surface area contributed by atoms with Gasteiger partial charge in [-0.25, -0.2) is 18.2 Å². The van der Waals surface area contributed by atoms with E-state index >= 15 is 0 Å². The van der Waals surface area contributed by atoms with Crippen LogP contribution in [0.2, 0.25) is 10.2 Å². The lowest BCUT2D eigenvalue weighted by Gasteiger charge is -2.08. The summed E-state index contributed by atoms with van der Waals surface area (Å²) in [5.74, 6) is -5.37. The number of nitrogens with one attached hydrogen (secondary N) is 1. The Morgan fingerprint density at radius 2 is 1.85 bits per heavy atom. The zero-order valence-electron chi connectivity index (χ0n) is 9.55. The maximum absolute atomic E-state index is 13.4. The number of aromatic nitrogens is 1. The molecule has 2 aromatic rings. The molecule has 1 aromatic carbocycles. The molecule has 0 aliphatic rings. The van der Waals surface area contributed by atoms with Gasteiger partial charge >= 0.3 is 0 Å². The summed E-state index contributed by atoms with van der Waals surface area (Å²) in [5.41, 5.74) is -0.589. The van der Waals surface area contributed by atoms with Gasteiger partial charge in [0.25, 0.3) is 5.91 Å². The molecule has 1 amide bonds. The number of pyridine rings is 1. The summed E-state index contributed by atoms with van der Waals surface area (Å²) in [5, 5.41) is 2.06. The Kier molecular flexibility index (Phi) is 4.15. The zero-order valence-corrected chi connectivity index (χ0v) is 11.1. The van der Waals surface area contributed by atoms with E-state index in [1.165, 1.54) is 0 Å². The van der Waals surface area contributed by atoms with Gasteiger partial charge < -0.3 is 5.32 Å². The van der Waals surface area contributed by atoms with Gasteiger partial charge in [-0.05, 0) is 18.2 Å². The Balaban J connectivity index is 2.33. The molecule has 1 N–H and O–H groups in total. The predicted molar refractivity (Wildman–Crippen MR) is 68.5 cm³/mol. The normalized spacial score (nSPS) is 10.4. The number of anilines is 1. The molecule has 0 saturated carbocycles. The Morgan fingerprint density at radius 3 is 2.55 bits per heavy atom. The standard InChI is InChI=1S/C12H5Cl2F3N2O/c13-6-4-18-9(14)3-5(6)12(20)19-8-2-1-7(15)10(16)11(8)17/h1-4H,(H,19,20). The van der Waals surface area contributed by atoms with Crippen LogP contribution in [0.15, 0.2) is 24.4 Å². The van der Waals surface area contributed by atoms with Crippen molar-refractivity contribution in [2.75, 3.05) is 5.32 Å². The van der Waals surface area contributed by atoms with E-state index in [-0.39, 0.29) is 15.7 Å². The predicted octanol–water partition coefficient (Wildman–Crippen LogP) is 4.06. The second kappa shape index (κ2) is 5.68. The summed E-state index contributed by atoms with van der Waals surface area (Å²) in [6.07, 6.45) is 1.14. The van der Waals surface area contributed by atoms with Crippen molar-refractivity contribution >= 4 is 34.8 Å². The monoisotopic (exact) mass is 320 g/mol. The summed E-state index contributed by atoms with van der Waals surface area (Å²) >= 11 is 11.4. The van der Waals surface area contributed by atoms with Crippen LogP contribution in [0.1, 0.15) is 10.4 Å². The average molecular weight is 321 g/mol. The van der Waals surface area contributed by atoms with E-state index in [0.29, 0.717) is 6.07 Å². The van der Waals surface area contributed by atoms with Crippen LogP contribution in [-0.2, 0) is 0 Å². The maximum atomic E-state index is 13.4. The number of carbonyl (C=O) groups excluding carboxylic acids is 1. The van der Waals surface area contributed by atoms with Gasteiger partial charge in [-0.3, -0.25) is 4.79 Å². The van der Waals surface area contributed by atoms with Gasteiger partial charge in [-0.2, -0.15) is 0 Å². The number of hydrogen-bond donors (Lipinski definition) is 1. The first kappa shape index (κ1) is 14.6. The first-order chi connectivity index (χ1) is 9.40. The van der Waals surface area contributed by atoms with Crippen LogP contribution in [0, 0.1) is 17.5 Å². The van der Waals surface area contributed by atoms with Crippen molar-refractivity contribution in [3.63, 3.8) is 0 Å². The summed E-state index contributed by atoms with van der Waals surface area (Å²) in [4.78, 5) is 15.5. The second-order valence-corrected chi connectivity index (χ2v) is 4.46. The van der Waals surface area contributed by atoms with E-state index in [4.69, 9.17) is 23.2 Å². The summed E-state index contributed by atoms with van der Waals surface area (Å²) in [6.45, 7) is 0. The first-order valence-corrected chi connectivity index (χ1v) is 5.91. The molecule has 2 rings (SSSR count). The van der Waals surface area contributed by atoms with Crippen LogP contribution < -0.4 is 5.32 Å². The molecule has 0 spiro atoms. The maximum Gasteiger partial charge on any atom is 0.257 e. The highest BCUT2D eigenvalue weighted by Gasteiger charge is 2.17. The van der Waals surface area contributed by atoms with Gasteiger partial charge in [0.2, 0.25) is 0 Å². The van der Waals surface area contributed by atoms with E-state index < -0.39 is 29.0 Å². The zero-order chi connectivity index (χ0) is 14.9. The lowest BCUT2D eigenvalue weighted by molar-refractivity contribution is 0.102. The lowest BCUT2D eigenvalue weighted by atomic mass is 10.2. The van der Waals surface area contributed by atoms with E-state index in [0.717, 1.165) is 18.3 Å². The third-order valence-electron chi connectivity index (χ3n) is 2.35. The van der Waals surface area contributed by atoms with Crippen molar-refractivity contribution in [2.45, 2.75) is 0 Å². The van der Waals surface area contributed by atoms with Gasteiger partial charge in [-0.15, -0.1) is 0 Å². The molecule has 0 unspecified atom stereocenters. The van der Waals surface area contributed by atoms with Crippen molar-refractivity contribution in [2.24, 2.45) is 0 Å². The minimum atomic E-state index is -1.68. The van der Waals surface area contributed by atoms with E-state index in [9.17, 15) is 18.0 Å². The minimum absolute atomic E-state index is 0.00492. The Hall–Kier alpha value is -1.79. The second-order valence-electron chi connectivity index (χ2n) is 3.66. The van der Waals surface area contributed by atoms with Crippen LogP contribution in [0.3, 0.4) is 0 Å². The molecule has 0 aliphatic heterocycles. The highest BCUT2D eigenvalue weighted by Crippen LogP contribution is 2.23. The quantitative estimate of drug-likeness (QED) is 0.669. The number of halogens is 5. The Bertz CT molecular complexity index is 695. The van der Waals surface area contributed by atoms with Gasteiger partial charge in [-0.1, -0.05) is 23.2 Å². The van der Waals surface area contributed by atoms with Crippen molar-refractivity contribution in [1.82, 2.24) is 4.98 Å². The van der Waals surface area contributed by atoms with Crippen LogP contribution in [0.25, 0.3) is 0 Å². The molecule has 1 heterocycles. The number of nitrogens with zero attached hydrogens (tertiary/aromatic N) is 1. The van der Waals surface area contributed by atoms with Gasteiger partial charge in [0.1, 0.15) is 5.15 Å². The van der Waals surface area contributed by atoms with Gasteiger partial charge in [0.15, 0.2) is 17.5 Å². The van der Waals surface area contributed by atoms with Crippen molar-refractivity contribution in [1.29, 1.82) is 0 Å². The minimum Gasteiger partial charge on any atom is -0.319 e. The van der Waals surface area contributed by atoms with Crippen LogP contribution in [-0.4, -0.2) is 10.9 Å². The molecular formula is C12H5Cl2F3N2O. The van der Waals surface area contributed by atoms with E-state index in [1.807, 2.05) is 0 Å². The fourth-order valence-electron chi connectivity index (χ4n) is 1.40. The first-order valence-electron chi connectivity index (χ1n) is 5.16. The molecule has 1 aromatic heterocycles. The van der Waals surface area contributed by atoms with Gasteiger partial charge in [0.05, 0.1) is 16.3 Å². The fourth-order valence-corrected chi connectivity index (χ4v) is 1.75. The highest BCUT2D eigenvalue weighted by atomic mass is 35.5. The van der Waals surface area contributed by atoms with E-state index in [2.05, 4.69) is 10.3 Å². The number of carbonyl (C=O) groups is 1. The number of benzene rings is 1. The molecule has 104 valence electrons. The molecule has 0 bridgehead atoms. The molecule has 0 fully saturated rings. The third kappa shape index (κ3) is 2.86. The topological polar surface area (TPSA) is 42.0 Å². The highest BCUT2D eigenvalue weighted by molar-refractivity contribution is 6.35. The molecule has 0 aliphatic carbocycles. The Morgan fingerprint density at radius 1 is 1.15 bits per heavy atom. The molecule has 20 heavy (non-hydrogen) atoms. The molecule has 0 radical (unpaired) electrons. The lowest BCUT2D eigenvalue weighted by Crippen LogP contribution is -2.14. The SMILES string of the molecule is O=C(Nc1ccc(F)c(F)c1F)c1cc(Cl)ncc1Cl. The molecule has 8 heteroatoms. The molecule has 3 nitrogen and oxygen atoms in total.